The first-order valence-corrected chi connectivity index (χ1v) is 10.0. The van der Waals surface area contributed by atoms with Crippen LogP contribution in [-0.4, -0.2) is 15.5 Å². The molecule has 0 unspecified atom stereocenters. The fraction of sp³-hybridized carbons (Fsp3) is 0.136. The van der Waals surface area contributed by atoms with Crippen LogP contribution in [0, 0.1) is 13.8 Å². The lowest BCUT2D eigenvalue weighted by molar-refractivity contribution is 0.0998. The van der Waals surface area contributed by atoms with Gasteiger partial charge in [0.05, 0.1) is 15.7 Å². The van der Waals surface area contributed by atoms with Gasteiger partial charge in [-0.2, -0.15) is 4.99 Å². The van der Waals surface area contributed by atoms with E-state index in [4.69, 9.17) is 11.6 Å². The predicted octanol–water partition coefficient (Wildman–Crippen LogP) is 5.45. The van der Waals surface area contributed by atoms with E-state index >= 15 is 0 Å². The molecule has 0 aliphatic carbocycles. The molecule has 4 nitrogen and oxygen atoms in total. The molecule has 2 aromatic heterocycles. The van der Waals surface area contributed by atoms with Crippen LogP contribution in [0.2, 0.25) is 5.02 Å². The van der Waals surface area contributed by atoms with Crippen molar-refractivity contribution in [2.75, 3.05) is 0 Å². The second kappa shape index (κ2) is 7.34. The van der Waals surface area contributed by atoms with E-state index in [1.165, 1.54) is 11.3 Å². The molecule has 4 aromatic rings. The number of benzene rings is 2. The van der Waals surface area contributed by atoms with Gasteiger partial charge >= 0.3 is 0 Å². The summed E-state index contributed by atoms with van der Waals surface area (Å²) >= 11 is 7.77. The largest absolute Gasteiger partial charge is 0.312 e. The van der Waals surface area contributed by atoms with Crippen molar-refractivity contribution in [3.8, 4) is 0 Å². The molecule has 0 saturated heterocycles. The Morgan fingerprint density at radius 3 is 2.86 bits per heavy atom. The van der Waals surface area contributed by atoms with Crippen molar-refractivity contribution in [3.63, 3.8) is 0 Å². The minimum absolute atomic E-state index is 0.282. The fourth-order valence-electron chi connectivity index (χ4n) is 3.21. The summed E-state index contributed by atoms with van der Waals surface area (Å²) in [4.78, 5) is 22.4. The van der Waals surface area contributed by atoms with Gasteiger partial charge in [-0.25, -0.2) is 0 Å². The number of amides is 1. The number of aryl methyl sites for hydroxylation is 2. The Balaban J connectivity index is 1.86. The van der Waals surface area contributed by atoms with Gasteiger partial charge in [0, 0.05) is 28.2 Å². The molecule has 0 saturated carbocycles. The second-order valence-corrected chi connectivity index (χ2v) is 8.00. The Hall–Kier alpha value is -2.76. The van der Waals surface area contributed by atoms with Gasteiger partial charge in [-0.1, -0.05) is 35.1 Å². The quantitative estimate of drug-likeness (QED) is 0.424. The topological polar surface area (TPSA) is 47.2 Å². The summed E-state index contributed by atoms with van der Waals surface area (Å²) in [7, 11) is 0. The Labute approximate surface area is 171 Å². The van der Waals surface area contributed by atoms with Crippen LogP contribution < -0.4 is 4.80 Å². The number of halogens is 1. The maximum absolute atomic E-state index is 12.9. The molecule has 0 N–H and O–H groups in total. The standard InChI is InChI=1S/C22H18ClN3OS/c1-4-11-26-20-14(3)17(23)8-10-19(20)28-22(26)25-21(27)16-7-9-18-15(12-16)6-5-13(2)24-18/h4-10,12H,1,11H2,2-3H3. The van der Waals surface area contributed by atoms with E-state index in [9.17, 15) is 4.79 Å². The highest BCUT2D eigenvalue weighted by molar-refractivity contribution is 7.16. The molecule has 2 aromatic carbocycles. The maximum atomic E-state index is 12.9. The summed E-state index contributed by atoms with van der Waals surface area (Å²) in [5.74, 6) is -0.282. The normalized spacial score (nSPS) is 12.0. The van der Waals surface area contributed by atoms with Gasteiger partial charge < -0.3 is 4.57 Å². The first kappa shape index (κ1) is 18.6. The molecule has 1 amide bonds. The van der Waals surface area contributed by atoms with Gasteiger partial charge in [0.25, 0.3) is 5.91 Å². The average molecular weight is 408 g/mol. The molecule has 0 atom stereocenters. The molecule has 140 valence electrons. The van der Waals surface area contributed by atoms with Gasteiger partial charge in [-0.05, 0) is 55.8 Å². The number of rotatable bonds is 3. The van der Waals surface area contributed by atoms with Gasteiger partial charge in [0.15, 0.2) is 4.80 Å². The number of allylic oxidation sites excluding steroid dienone is 1. The molecule has 6 heteroatoms. The molecule has 2 heterocycles. The SMILES string of the molecule is C=CCn1c(=NC(=O)c2ccc3nc(C)ccc3c2)sc2ccc(Cl)c(C)c21. The van der Waals surface area contributed by atoms with Crippen LogP contribution in [-0.2, 0) is 6.54 Å². The third kappa shape index (κ3) is 3.28. The highest BCUT2D eigenvalue weighted by Crippen LogP contribution is 2.27. The van der Waals surface area contributed by atoms with Crippen molar-refractivity contribution in [2.45, 2.75) is 20.4 Å². The highest BCUT2D eigenvalue weighted by Gasteiger charge is 2.12. The van der Waals surface area contributed by atoms with Crippen molar-refractivity contribution in [1.82, 2.24) is 9.55 Å². The van der Waals surface area contributed by atoms with E-state index in [1.54, 1.807) is 12.1 Å². The third-order valence-corrected chi connectivity index (χ3v) is 6.07. The molecular formula is C22H18ClN3OS. The molecule has 4 rings (SSSR count). The van der Waals surface area contributed by atoms with E-state index in [-0.39, 0.29) is 5.91 Å². The molecule has 0 aliphatic rings. The third-order valence-electron chi connectivity index (χ3n) is 4.61. The lowest BCUT2D eigenvalue weighted by atomic mass is 10.1. The minimum atomic E-state index is -0.282. The lowest BCUT2D eigenvalue weighted by Gasteiger charge is -2.05. The van der Waals surface area contributed by atoms with Crippen LogP contribution in [0.25, 0.3) is 21.1 Å². The number of carbonyl (C=O) groups excluding carboxylic acids is 1. The van der Waals surface area contributed by atoms with Crippen LogP contribution in [0.5, 0.6) is 0 Å². The summed E-state index contributed by atoms with van der Waals surface area (Å²) in [6.07, 6.45) is 1.79. The summed E-state index contributed by atoms with van der Waals surface area (Å²) in [5.41, 5.74) is 4.31. The Bertz CT molecular complexity index is 1320. The van der Waals surface area contributed by atoms with E-state index in [2.05, 4.69) is 16.6 Å². The van der Waals surface area contributed by atoms with Gasteiger partial charge in [0.1, 0.15) is 0 Å². The van der Waals surface area contributed by atoms with E-state index < -0.39 is 0 Å². The molecule has 0 fully saturated rings. The number of aromatic nitrogens is 2. The van der Waals surface area contributed by atoms with Crippen molar-refractivity contribution >= 4 is 50.0 Å². The minimum Gasteiger partial charge on any atom is -0.312 e. The van der Waals surface area contributed by atoms with Gasteiger partial charge in [0.2, 0.25) is 0 Å². The Kier molecular flexibility index (Phi) is 4.87. The van der Waals surface area contributed by atoms with E-state index in [0.29, 0.717) is 21.9 Å². The Morgan fingerprint density at radius 2 is 2.07 bits per heavy atom. The molecule has 28 heavy (non-hydrogen) atoms. The Morgan fingerprint density at radius 1 is 1.25 bits per heavy atom. The second-order valence-electron chi connectivity index (χ2n) is 6.58. The zero-order valence-electron chi connectivity index (χ0n) is 15.6. The monoisotopic (exact) mass is 407 g/mol. The summed E-state index contributed by atoms with van der Waals surface area (Å²) in [6.45, 7) is 8.30. The smallest absolute Gasteiger partial charge is 0.279 e. The number of carbonyl (C=O) groups is 1. The molecule has 0 spiro atoms. The summed E-state index contributed by atoms with van der Waals surface area (Å²) < 4.78 is 3.02. The van der Waals surface area contributed by atoms with Crippen LogP contribution in [0.15, 0.2) is 60.1 Å². The summed E-state index contributed by atoms with van der Waals surface area (Å²) in [5, 5.41) is 1.61. The van der Waals surface area contributed by atoms with Crippen molar-refractivity contribution < 1.29 is 4.79 Å². The highest BCUT2D eigenvalue weighted by atomic mass is 35.5. The number of hydrogen-bond donors (Lipinski definition) is 0. The van der Waals surface area contributed by atoms with Crippen LogP contribution >= 0.6 is 22.9 Å². The molecule has 0 radical (unpaired) electrons. The fourth-order valence-corrected chi connectivity index (χ4v) is 4.46. The van der Waals surface area contributed by atoms with Crippen LogP contribution in [0.4, 0.5) is 0 Å². The zero-order valence-corrected chi connectivity index (χ0v) is 17.1. The lowest BCUT2D eigenvalue weighted by Crippen LogP contribution is -2.16. The van der Waals surface area contributed by atoms with E-state index in [1.807, 2.05) is 54.8 Å². The zero-order chi connectivity index (χ0) is 19.8. The molecule has 0 bridgehead atoms. The average Bonchev–Trinajstić information content (AvgIpc) is 3.02. The van der Waals surface area contributed by atoms with Crippen molar-refractivity contribution in [3.05, 3.63) is 81.8 Å². The maximum Gasteiger partial charge on any atom is 0.279 e. The van der Waals surface area contributed by atoms with E-state index in [0.717, 1.165) is 32.4 Å². The summed E-state index contributed by atoms with van der Waals surface area (Å²) in [6, 6.07) is 13.2. The van der Waals surface area contributed by atoms with Crippen LogP contribution in [0.1, 0.15) is 21.6 Å². The number of pyridine rings is 1. The first-order valence-electron chi connectivity index (χ1n) is 8.84. The van der Waals surface area contributed by atoms with Crippen molar-refractivity contribution in [2.24, 2.45) is 4.99 Å². The number of thiazole rings is 1. The number of nitrogens with zero attached hydrogens (tertiary/aromatic N) is 3. The van der Waals surface area contributed by atoms with Gasteiger partial charge in [-0.3, -0.25) is 9.78 Å². The number of fused-ring (bicyclic) bond motifs is 2. The van der Waals surface area contributed by atoms with Crippen molar-refractivity contribution in [1.29, 1.82) is 0 Å². The first-order chi connectivity index (χ1) is 13.5. The molecule has 0 aliphatic heterocycles. The molecular weight excluding hydrogens is 390 g/mol. The van der Waals surface area contributed by atoms with Crippen LogP contribution in [0.3, 0.4) is 0 Å². The van der Waals surface area contributed by atoms with Gasteiger partial charge in [-0.15, -0.1) is 6.58 Å². The predicted molar refractivity (Wildman–Crippen MR) is 116 cm³/mol. The number of hydrogen-bond acceptors (Lipinski definition) is 3.